The van der Waals surface area contributed by atoms with Crippen molar-refractivity contribution in [1.29, 1.82) is 0 Å². The van der Waals surface area contributed by atoms with Gasteiger partial charge in [0.2, 0.25) is 5.91 Å². The molecule has 1 amide bonds. The Kier molecular flexibility index (Phi) is 5.96. The number of benzene rings is 1. The molecule has 1 aromatic carbocycles. The quantitative estimate of drug-likeness (QED) is 0.670. The van der Waals surface area contributed by atoms with Crippen molar-refractivity contribution in [3.63, 3.8) is 0 Å². The first kappa shape index (κ1) is 19.7. The van der Waals surface area contributed by atoms with Gasteiger partial charge in [0.25, 0.3) is 0 Å². The van der Waals surface area contributed by atoms with Gasteiger partial charge in [0, 0.05) is 11.1 Å². The van der Waals surface area contributed by atoms with Crippen LogP contribution in [0.1, 0.15) is 49.7 Å². The molecule has 4 rings (SSSR count). The number of anilines is 1. The third-order valence-corrected chi connectivity index (χ3v) is 6.02. The molecule has 1 saturated heterocycles. The second kappa shape index (κ2) is 8.79. The molecular weight excluding hydrogens is 386 g/mol. The van der Waals surface area contributed by atoms with Crippen LogP contribution in [0.25, 0.3) is 5.69 Å². The number of likely N-dealkylation sites (tertiary alicyclic amines) is 1. The van der Waals surface area contributed by atoms with E-state index in [1.54, 1.807) is 16.0 Å². The predicted octanol–water partition coefficient (Wildman–Crippen LogP) is 3.24. The maximum absolute atomic E-state index is 13.0. The van der Waals surface area contributed by atoms with Crippen LogP contribution in [0.5, 0.6) is 0 Å². The maximum atomic E-state index is 13.0. The smallest absolute Gasteiger partial charge is 0.241 e. The normalized spacial score (nSPS) is 17.6. The number of rotatable bonds is 6. The summed E-state index contributed by atoms with van der Waals surface area (Å²) in [5.74, 6) is 0.470. The van der Waals surface area contributed by atoms with Crippen molar-refractivity contribution in [2.75, 3.05) is 11.9 Å². The summed E-state index contributed by atoms with van der Waals surface area (Å²) in [4.78, 5) is 20.0. The fourth-order valence-corrected chi connectivity index (χ4v) is 4.50. The largest absolute Gasteiger partial charge is 0.325 e. The molecule has 9 heteroatoms. The predicted molar refractivity (Wildman–Crippen MR) is 112 cm³/mol. The summed E-state index contributed by atoms with van der Waals surface area (Å²) in [6.07, 6.45) is 4.60. The number of carbonyl (C=O) groups excluding carboxylic acids is 1. The highest BCUT2D eigenvalue weighted by molar-refractivity contribution is 7.09. The standard InChI is InChI=1S/C20H25N7OS/c1-14(2)17-12-29-19(23-17)11-26-10-4-3-5-18(26)20(28)22-15-6-8-16(9-7-15)27-13-21-24-25-27/h6-9,12-14,18H,3-5,10-11H2,1-2H3,(H,22,28)/t18-/m0/s1. The number of piperidine rings is 1. The Balaban J connectivity index is 1.41. The molecule has 0 unspecified atom stereocenters. The van der Waals surface area contributed by atoms with Gasteiger partial charge in [0.1, 0.15) is 11.3 Å². The molecule has 0 radical (unpaired) electrons. The number of hydrogen-bond acceptors (Lipinski definition) is 7. The Hall–Kier alpha value is -2.65. The Bertz CT molecular complexity index is 936. The number of tetrazole rings is 1. The van der Waals surface area contributed by atoms with E-state index in [-0.39, 0.29) is 11.9 Å². The molecule has 1 atom stereocenters. The van der Waals surface area contributed by atoms with Gasteiger partial charge in [-0.05, 0) is 60.0 Å². The molecule has 3 heterocycles. The maximum Gasteiger partial charge on any atom is 0.241 e. The summed E-state index contributed by atoms with van der Waals surface area (Å²) in [7, 11) is 0. The first-order valence-corrected chi connectivity index (χ1v) is 10.8. The first-order chi connectivity index (χ1) is 14.1. The van der Waals surface area contributed by atoms with E-state index in [9.17, 15) is 4.79 Å². The molecule has 0 aliphatic carbocycles. The van der Waals surface area contributed by atoms with Gasteiger partial charge in [-0.1, -0.05) is 20.3 Å². The Labute approximate surface area is 174 Å². The number of carbonyl (C=O) groups is 1. The highest BCUT2D eigenvalue weighted by Gasteiger charge is 2.29. The highest BCUT2D eigenvalue weighted by Crippen LogP contribution is 2.24. The number of amides is 1. The van der Waals surface area contributed by atoms with Crippen molar-refractivity contribution in [3.05, 3.63) is 46.7 Å². The average Bonchev–Trinajstić information content (AvgIpc) is 3.41. The first-order valence-electron chi connectivity index (χ1n) is 9.93. The lowest BCUT2D eigenvalue weighted by atomic mass is 10.0. The molecular formula is C20H25N7OS. The fourth-order valence-electron chi connectivity index (χ4n) is 3.52. The molecule has 1 aliphatic heterocycles. The van der Waals surface area contributed by atoms with Crippen LogP contribution in [0.15, 0.2) is 36.0 Å². The highest BCUT2D eigenvalue weighted by atomic mass is 32.1. The monoisotopic (exact) mass is 411 g/mol. The average molecular weight is 412 g/mol. The zero-order chi connectivity index (χ0) is 20.2. The van der Waals surface area contributed by atoms with Crippen LogP contribution in [0, 0.1) is 0 Å². The molecule has 3 aromatic rings. The minimum absolute atomic E-state index is 0.0421. The van der Waals surface area contributed by atoms with E-state index in [1.165, 1.54) is 6.33 Å². The SMILES string of the molecule is CC(C)c1csc(CN2CCCC[C@H]2C(=O)Nc2ccc(-n3cnnn3)cc2)n1. The van der Waals surface area contributed by atoms with E-state index < -0.39 is 0 Å². The zero-order valence-electron chi connectivity index (χ0n) is 16.7. The van der Waals surface area contributed by atoms with Gasteiger partial charge >= 0.3 is 0 Å². The molecule has 152 valence electrons. The minimum Gasteiger partial charge on any atom is -0.325 e. The van der Waals surface area contributed by atoms with E-state index in [0.29, 0.717) is 5.92 Å². The molecule has 2 aromatic heterocycles. The van der Waals surface area contributed by atoms with E-state index in [4.69, 9.17) is 4.98 Å². The molecule has 0 bridgehead atoms. The Morgan fingerprint density at radius 1 is 1.28 bits per heavy atom. The summed E-state index contributed by atoms with van der Waals surface area (Å²) in [6, 6.07) is 7.38. The number of aromatic nitrogens is 5. The van der Waals surface area contributed by atoms with E-state index in [2.05, 4.69) is 45.0 Å². The van der Waals surface area contributed by atoms with Crippen LogP contribution in [-0.2, 0) is 11.3 Å². The molecule has 1 fully saturated rings. The Morgan fingerprint density at radius 2 is 2.10 bits per heavy atom. The molecule has 1 N–H and O–H groups in total. The molecule has 1 aliphatic rings. The van der Waals surface area contributed by atoms with Gasteiger partial charge < -0.3 is 5.32 Å². The van der Waals surface area contributed by atoms with E-state index >= 15 is 0 Å². The zero-order valence-corrected chi connectivity index (χ0v) is 17.5. The molecule has 8 nitrogen and oxygen atoms in total. The van der Waals surface area contributed by atoms with Crippen molar-refractivity contribution in [2.45, 2.75) is 51.6 Å². The number of nitrogens with zero attached hydrogens (tertiary/aromatic N) is 6. The summed E-state index contributed by atoms with van der Waals surface area (Å²) in [5.41, 5.74) is 2.75. The lowest BCUT2D eigenvalue weighted by Gasteiger charge is -2.34. The van der Waals surface area contributed by atoms with Gasteiger partial charge in [0.15, 0.2) is 0 Å². The van der Waals surface area contributed by atoms with E-state index in [1.807, 2.05) is 24.3 Å². The van der Waals surface area contributed by atoms with Crippen LogP contribution in [0.3, 0.4) is 0 Å². The van der Waals surface area contributed by atoms with Crippen LogP contribution in [0.2, 0.25) is 0 Å². The van der Waals surface area contributed by atoms with Gasteiger partial charge in [-0.15, -0.1) is 16.4 Å². The molecule has 0 spiro atoms. The summed E-state index contributed by atoms with van der Waals surface area (Å²) < 4.78 is 1.58. The van der Waals surface area contributed by atoms with Crippen LogP contribution in [-0.4, -0.2) is 48.6 Å². The van der Waals surface area contributed by atoms with Gasteiger partial charge in [-0.2, -0.15) is 0 Å². The van der Waals surface area contributed by atoms with Crippen molar-refractivity contribution in [3.8, 4) is 5.69 Å². The van der Waals surface area contributed by atoms with Gasteiger partial charge in [-0.25, -0.2) is 9.67 Å². The van der Waals surface area contributed by atoms with Crippen LogP contribution >= 0.6 is 11.3 Å². The van der Waals surface area contributed by atoms with Crippen LogP contribution < -0.4 is 5.32 Å². The minimum atomic E-state index is -0.130. The second-order valence-corrected chi connectivity index (χ2v) is 8.54. The van der Waals surface area contributed by atoms with Gasteiger partial charge in [-0.3, -0.25) is 9.69 Å². The summed E-state index contributed by atoms with van der Waals surface area (Å²) in [5, 5.41) is 17.4. The molecule has 29 heavy (non-hydrogen) atoms. The number of nitrogens with one attached hydrogen (secondary N) is 1. The van der Waals surface area contributed by atoms with Crippen molar-refractivity contribution in [1.82, 2.24) is 30.1 Å². The van der Waals surface area contributed by atoms with Crippen molar-refractivity contribution < 1.29 is 4.79 Å². The fraction of sp³-hybridized carbons (Fsp3) is 0.450. The van der Waals surface area contributed by atoms with E-state index in [0.717, 1.165) is 54.4 Å². The third-order valence-electron chi connectivity index (χ3n) is 5.16. The topological polar surface area (TPSA) is 88.8 Å². The van der Waals surface area contributed by atoms with Crippen LogP contribution in [0.4, 0.5) is 5.69 Å². The van der Waals surface area contributed by atoms with Crippen molar-refractivity contribution in [2.24, 2.45) is 0 Å². The third kappa shape index (κ3) is 4.68. The second-order valence-electron chi connectivity index (χ2n) is 7.59. The van der Waals surface area contributed by atoms with Gasteiger partial charge in [0.05, 0.1) is 24.0 Å². The van der Waals surface area contributed by atoms with Crippen molar-refractivity contribution >= 4 is 22.9 Å². The summed E-state index contributed by atoms with van der Waals surface area (Å²) >= 11 is 1.69. The number of hydrogen-bond donors (Lipinski definition) is 1. The number of thiazole rings is 1. The Morgan fingerprint density at radius 3 is 2.79 bits per heavy atom. The lowest BCUT2D eigenvalue weighted by Crippen LogP contribution is -2.46. The lowest BCUT2D eigenvalue weighted by molar-refractivity contribution is -0.122. The summed E-state index contributed by atoms with van der Waals surface area (Å²) in [6.45, 7) is 5.96. The molecule has 0 saturated carbocycles.